The van der Waals surface area contributed by atoms with Crippen molar-refractivity contribution in [3.63, 3.8) is 0 Å². The van der Waals surface area contributed by atoms with E-state index in [4.69, 9.17) is 5.11 Å². The summed E-state index contributed by atoms with van der Waals surface area (Å²) >= 11 is 3.31. The van der Waals surface area contributed by atoms with E-state index < -0.39 is 17.9 Å². The van der Waals surface area contributed by atoms with Crippen LogP contribution in [0.4, 0.5) is 10.5 Å². The number of halogens is 1. The van der Waals surface area contributed by atoms with E-state index in [1.807, 2.05) is 13.0 Å². The number of nitrogens with one attached hydrogen (secondary N) is 2. The summed E-state index contributed by atoms with van der Waals surface area (Å²) in [4.78, 5) is 33.3. The fraction of sp³-hybridized carbons (Fsp3) is 0.308. The number of hydrogen-bond donors (Lipinski definition) is 3. The summed E-state index contributed by atoms with van der Waals surface area (Å²) in [6.07, 6.45) is 0.103. The molecule has 3 amide bonds. The first-order chi connectivity index (χ1) is 9.38. The van der Waals surface area contributed by atoms with E-state index in [1.165, 1.54) is 0 Å². The first-order valence-corrected chi connectivity index (χ1v) is 6.76. The van der Waals surface area contributed by atoms with Crippen molar-refractivity contribution in [2.75, 3.05) is 5.32 Å². The number of benzene rings is 1. The normalized spacial score (nSPS) is 9.90. The van der Waals surface area contributed by atoms with E-state index in [1.54, 1.807) is 12.1 Å². The Morgan fingerprint density at radius 1 is 1.25 bits per heavy atom. The van der Waals surface area contributed by atoms with Gasteiger partial charge >= 0.3 is 12.0 Å². The van der Waals surface area contributed by atoms with Crippen LogP contribution >= 0.6 is 15.9 Å². The number of amides is 3. The molecule has 0 aromatic heterocycles. The molecule has 0 aliphatic heterocycles. The predicted molar refractivity (Wildman–Crippen MR) is 77.5 cm³/mol. The Morgan fingerprint density at radius 2 is 1.95 bits per heavy atom. The first-order valence-electron chi connectivity index (χ1n) is 5.97. The van der Waals surface area contributed by atoms with Gasteiger partial charge in [0, 0.05) is 23.0 Å². The van der Waals surface area contributed by atoms with E-state index >= 15 is 0 Å². The van der Waals surface area contributed by atoms with Crippen molar-refractivity contribution in [2.24, 2.45) is 0 Å². The van der Waals surface area contributed by atoms with Crippen molar-refractivity contribution >= 4 is 39.5 Å². The Morgan fingerprint density at radius 3 is 2.55 bits per heavy atom. The van der Waals surface area contributed by atoms with Gasteiger partial charge in [-0.2, -0.15) is 0 Å². The Balaban J connectivity index is 2.43. The van der Waals surface area contributed by atoms with Crippen molar-refractivity contribution < 1.29 is 19.5 Å². The maximum Gasteiger partial charge on any atom is 0.325 e. The molecule has 0 radical (unpaired) electrons. The van der Waals surface area contributed by atoms with Crippen molar-refractivity contribution in [3.05, 3.63) is 28.2 Å². The molecule has 1 aromatic rings. The molecule has 1 rings (SSSR count). The summed E-state index contributed by atoms with van der Waals surface area (Å²) in [6.45, 7) is 1.83. The molecule has 0 aliphatic carbocycles. The third-order valence-corrected chi connectivity index (χ3v) is 2.98. The molecule has 7 heteroatoms. The molecule has 0 unspecified atom stereocenters. The van der Waals surface area contributed by atoms with E-state index in [2.05, 4.69) is 26.6 Å². The van der Waals surface area contributed by atoms with Crippen LogP contribution in [0.1, 0.15) is 24.8 Å². The summed E-state index contributed by atoms with van der Waals surface area (Å²) < 4.78 is 0.894. The third-order valence-electron chi connectivity index (χ3n) is 2.48. The van der Waals surface area contributed by atoms with Crippen LogP contribution in [0.5, 0.6) is 0 Å². The molecule has 0 fully saturated rings. The van der Waals surface area contributed by atoms with Gasteiger partial charge in [0.1, 0.15) is 0 Å². The average molecular weight is 343 g/mol. The predicted octanol–water partition coefficient (Wildman–Crippen LogP) is 2.66. The van der Waals surface area contributed by atoms with Gasteiger partial charge < -0.3 is 10.4 Å². The minimum atomic E-state index is -0.965. The van der Waals surface area contributed by atoms with Crippen LogP contribution < -0.4 is 10.6 Å². The first kappa shape index (κ1) is 16.2. The number of carboxylic acid groups (broad SMARTS) is 1. The molecule has 0 bridgehead atoms. The number of anilines is 1. The monoisotopic (exact) mass is 342 g/mol. The van der Waals surface area contributed by atoms with Gasteiger partial charge in [-0.3, -0.25) is 14.9 Å². The smallest absolute Gasteiger partial charge is 0.325 e. The fourth-order valence-corrected chi connectivity index (χ4v) is 1.99. The molecule has 6 nitrogen and oxygen atoms in total. The molecule has 0 spiro atoms. The lowest BCUT2D eigenvalue weighted by Crippen LogP contribution is -2.34. The van der Waals surface area contributed by atoms with Crippen LogP contribution in [0.2, 0.25) is 0 Å². The molecule has 0 heterocycles. The molecule has 3 N–H and O–H groups in total. The van der Waals surface area contributed by atoms with Crippen molar-refractivity contribution in [1.82, 2.24) is 5.32 Å². The Hall–Kier alpha value is -1.89. The number of carboxylic acids is 1. The minimum absolute atomic E-state index is 0.000952. The molecular weight excluding hydrogens is 328 g/mol. The Kier molecular flexibility index (Phi) is 6.17. The van der Waals surface area contributed by atoms with E-state index in [9.17, 15) is 14.4 Å². The molecule has 0 saturated heterocycles. The Labute approximate surface area is 124 Å². The lowest BCUT2D eigenvalue weighted by Gasteiger charge is -2.09. The second-order valence-corrected chi connectivity index (χ2v) is 5.12. The quantitative estimate of drug-likeness (QED) is 0.766. The topological polar surface area (TPSA) is 95.5 Å². The lowest BCUT2D eigenvalue weighted by molar-refractivity contribution is -0.137. The summed E-state index contributed by atoms with van der Waals surface area (Å²) in [6, 6.07) is 4.70. The van der Waals surface area contributed by atoms with Crippen molar-refractivity contribution in [1.29, 1.82) is 0 Å². The number of aryl methyl sites for hydroxylation is 1. The van der Waals surface area contributed by atoms with Crippen LogP contribution in [-0.4, -0.2) is 23.0 Å². The summed E-state index contributed by atoms with van der Waals surface area (Å²) in [5.41, 5.74) is 1.46. The van der Waals surface area contributed by atoms with Gasteiger partial charge in [-0.1, -0.05) is 15.9 Å². The maximum absolute atomic E-state index is 11.6. The highest BCUT2D eigenvalue weighted by atomic mass is 79.9. The van der Waals surface area contributed by atoms with Gasteiger partial charge in [0.05, 0.1) is 0 Å². The number of hydrogen-bond acceptors (Lipinski definition) is 3. The van der Waals surface area contributed by atoms with Crippen LogP contribution in [0, 0.1) is 6.92 Å². The van der Waals surface area contributed by atoms with Gasteiger partial charge in [-0.05, 0) is 37.1 Å². The number of carbonyl (C=O) groups is 3. The zero-order valence-electron chi connectivity index (χ0n) is 10.9. The van der Waals surface area contributed by atoms with E-state index in [0.29, 0.717) is 5.69 Å². The van der Waals surface area contributed by atoms with Gasteiger partial charge in [-0.15, -0.1) is 0 Å². The molecule has 0 saturated carbocycles. The molecule has 0 atom stereocenters. The molecule has 0 aliphatic rings. The number of carbonyl (C=O) groups excluding carboxylic acids is 2. The second-order valence-electron chi connectivity index (χ2n) is 4.21. The van der Waals surface area contributed by atoms with Gasteiger partial charge in [0.2, 0.25) is 5.91 Å². The highest BCUT2D eigenvalue weighted by Gasteiger charge is 2.09. The molecule has 108 valence electrons. The van der Waals surface area contributed by atoms with Crippen molar-refractivity contribution in [2.45, 2.75) is 26.2 Å². The third kappa shape index (κ3) is 5.83. The van der Waals surface area contributed by atoms with Crippen molar-refractivity contribution in [3.8, 4) is 0 Å². The second kappa shape index (κ2) is 7.64. The van der Waals surface area contributed by atoms with Crippen LogP contribution in [0.3, 0.4) is 0 Å². The van der Waals surface area contributed by atoms with Crippen LogP contribution in [0.15, 0.2) is 22.7 Å². The average Bonchev–Trinajstić information content (AvgIpc) is 2.32. The largest absolute Gasteiger partial charge is 0.481 e. The standard InChI is InChI=1S/C13H15BrN2O4/c1-8-7-9(14)5-6-10(8)15-13(20)16-11(17)3-2-4-12(18)19/h5-7H,2-4H2,1H3,(H,18,19)(H2,15,16,17,20). The van der Waals surface area contributed by atoms with Crippen LogP contribution in [-0.2, 0) is 9.59 Å². The summed E-state index contributed by atoms with van der Waals surface area (Å²) in [7, 11) is 0. The molecule has 1 aromatic carbocycles. The lowest BCUT2D eigenvalue weighted by atomic mass is 10.2. The summed E-state index contributed by atoms with van der Waals surface area (Å²) in [5.74, 6) is -1.47. The highest BCUT2D eigenvalue weighted by molar-refractivity contribution is 9.10. The molecular formula is C13H15BrN2O4. The van der Waals surface area contributed by atoms with E-state index in [0.717, 1.165) is 10.0 Å². The van der Waals surface area contributed by atoms with Gasteiger partial charge in [0.25, 0.3) is 0 Å². The minimum Gasteiger partial charge on any atom is -0.481 e. The van der Waals surface area contributed by atoms with Crippen LogP contribution in [0.25, 0.3) is 0 Å². The van der Waals surface area contributed by atoms with Gasteiger partial charge in [0.15, 0.2) is 0 Å². The molecule has 20 heavy (non-hydrogen) atoms. The zero-order valence-corrected chi connectivity index (χ0v) is 12.5. The summed E-state index contributed by atoms with van der Waals surface area (Å²) in [5, 5.41) is 13.2. The fourth-order valence-electron chi connectivity index (χ4n) is 1.51. The number of urea groups is 1. The maximum atomic E-state index is 11.6. The highest BCUT2D eigenvalue weighted by Crippen LogP contribution is 2.19. The van der Waals surface area contributed by atoms with Gasteiger partial charge in [-0.25, -0.2) is 4.79 Å². The Bertz CT molecular complexity index is 531. The number of aliphatic carboxylic acids is 1. The van der Waals surface area contributed by atoms with E-state index in [-0.39, 0.29) is 19.3 Å². The number of imide groups is 1. The SMILES string of the molecule is Cc1cc(Br)ccc1NC(=O)NC(=O)CCCC(=O)O. The zero-order chi connectivity index (χ0) is 15.1. The number of rotatable bonds is 5.